The van der Waals surface area contributed by atoms with Crippen molar-refractivity contribution < 1.29 is 0 Å². The molecule has 1 aromatic carbocycles. The van der Waals surface area contributed by atoms with Gasteiger partial charge >= 0.3 is 0 Å². The molecule has 0 aromatic heterocycles. The summed E-state index contributed by atoms with van der Waals surface area (Å²) >= 11 is 0. The van der Waals surface area contributed by atoms with E-state index in [4.69, 9.17) is 0 Å². The summed E-state index contributed by atoms with van der Waals surface area (Å²) in [5, 5.41) is 0. The lowest BCUT2D eigenvalue weighted by Crippen LogP contribution is -2.13. The Kier molecular flexibility index (Phi) is 3.96. The molecule has 0 amide bonds. The Labute approximate surface area is 94.7 Å². The van der Waals surface area contributed by atoms with Gasteiger partial charge in [0.25, 0.3) is 0 Å². The molecule has 0 aliphatic carbocycles. The second-order valence-corrected chi connectivity index (χ2v) is 5.53. The van der Waals surface area contributed by atoms with Crippen LogP contribution in [-0.2, 0) is 0 Å². The van der Waals surface area contributed by atoms with Crippen molar-refractivity contribution in [2.75, 3.05) is 0 Å². The van der Waals surface area contributed by atoms with Crippen molar-refractivity contribution in [3.8, 4) is 0 Å². The molecule has 0 aliphatic heterocycles. The molecular weight excluding hydrogens is 180 g/mol. The third-order valence-electron chi connectivity index (χ3n) is 3.46. The number of hydrogen-bond donors (Lipinski definition) is 0. The summed E-state index contributed by atoms with van der Waals surface area (Å²) in [6, 6.07) is 8.97. The first-order valence-corrected chi connectivity index (χ1v) is 6.01. The Morgan fingerprint density at radius 1 is 1.13 bits per heavy atom. The molecule has 0 saturated carbocycles. The second kappa shape index (κ2) is 4.83. The summed E-state index contributed by atoms with van der Waals surface area (Å²) in [6.07, 6.45) is 2.52. The zero-order valence-corrected chi connectivity index (χ0v) is 10.8. The lowest BCUT2D eigenvalue weighted by atomic mass is 9.79. The molecule has 1 rings (SSSR count). The zero-order chi connectivity index (χ0) is 11.5. The van der Waals surface area contributed by atoms with E-state index < -0.39 is 0 Å². The number of rotatable bonds is 4. The number of benzene rings is 1. The highest BCUT2D eigenvalue weighted by molar-refractivity contribution is 5.24. The molecule has 1 atom stereocenters. The maximum absolute atomic E-state index is 2.36. The van der Waals surface area contributed by atoms with Crippen molar-refractivity contribution >= 4 is 0 Å². The van der Waals surface area contributed by atoms with Crippen molar-refractivity contribution in [3.63, 3.8) is 0 Å². The van der Waals surface area contributed by atoms with Gasteiger partial charge in [0, 0.05) is 0 Å². The maximum atomic E-state index is 2.36. The Hall–Kier alpha value is -0.780. The fourth-order valence-electron chi connectivity index (χ4n) is 1.99. The highest BCUT2D eigenvalue weighted by atomic mass is 14.2. The van der Waals surface area contributed by atoms with Gasteiger partial charge in [0.2, 0.25) is 0 Å². The summed E-state index contributed by atoms with van der Waals surface area (Å²) in [7, 11) is 0. The topological polar surface area (TPSA) is 0 Å². The standard InChI is InChI=1S/C15H24/c1-6-15(4,5)11-13(3)14-9-7-12(2)8-10-14/h7-10,13H,6,11H2,1-5H3. The largest absolute Gasteiger partial charge is 0.0649 e. The van der Waals surface area contributed by atoms with E-state index in [0.717, 1.165) is 0 Å². The average Bonchev–Trinajstić information content (AvgIpc) is 2.18. The second-order valence-electron chi connectivity index (χ2n) is 5.53. The van der Waals surface area contributed by atoms with Gasteiger partial charge in [-0.05, 0) is 30.2 Å². The van der Waals surface area contributed by atoms with Gasteiger partial charge in [-0.3, -0.25) is 0 Å². The zero-order valence-electron chi connectivity index (χ0n) is 10.8. The van der Waals surface area contributed by atoms with E-state index in [1.165, 1.54) is 24.0 Å². The third-order valence-corrected chi connectivity index (χ3v) is 3.46. The van der Waals surface area contributed by atoms with E-state index in [-0.39, 0.29) is 0 Å². The maximum Gasteiger partial charge on any atom is -0.0185 e. The summed E-state index contributed by atoms with van der Waals surface area (Å²) in [6.45, 7) is 11.5. The lowest BCUT2D eigenvalue weighted by molar-refractivity contribution is 0.299. The molecule has 0 bridgehead atoms. The first-order valence-electron chi connectivity index (χ1n) is 6.01. The summed E-state index contributed by atoms with van der Waals surface area (Å²) in [5.74, 6) is 0.667. The minimum atomic E-state index is 0.463. The molecule has 1 unspecified atom stereocenters. The van der Waals surface area contributed by atoms with Crippen LogP contribution in [0.2, 0.25) is 0 Å². The summed E-state index contributed by atoms with van der Waals surface area (Å²) < 4.78 is 0. The van der Waals surface area contributed by atoms with E-state index in [9.17, 15) is 0 Å². The van der Waals surface area contributed by atoms with E-state index >= 15 is 0 Å². The van der Waals surface area contributed by atoms with Crippen LogP contribution < -0.4 is 0 Å². The Bertz CT molecular complexity index is 292. The van der Waals surface area contributed by atoms with Crippen LogP contribution in [0.1, 0.15) is 57.6 Å². The van der Waals surface area contributed by atoms with Gasteiger partial charge in [0.15, 0.2) is 0 Å². The lowest BCUT2D eigenvalue weighted by Gasteiger charge is -2.26. The van der Waals surface area contributed by atoms with Crippen LogP contribution in [0.5, 0.6) is 0 Å². The van der Waals surface area contributed by atoms with Crippen LogP contribution in [0.4, 0.5) is 0 Å². The number of aryl methyl sites for hydroxylation is 1. The van der Waals surface area contributed by atoms with Crippen LogP contribution in [0, 0.1) is 12.3 Å². The average molecular weight is 204 g/mol. The molecule has 84 valence electrons. The molecule has 0 heteroatoms. The third kappa shape index (κ3) is 3.70. The van der Waals surface area contributed by atoms with Crippen LogP contribution >= 0.6 is 0 Å². The fourth-order valence-corrected chi connectivity index (χ4v) is 1.99. The SMILES string of the molecule is CCC(C)(C)CC(C)c1ccc(C)cc1. The normalized spacial score (nSPS) is 13.9. The van der Waals surface area contributed by atoms with Crippen molar-refractivity contribution in [1.82, 2.24) is 0 Å². The quantitative estimate of drug-likeness (QED) is 0.652. The van der Waals surface area contributed by atoms with E-state index in [1.807, 2.05) is 0 Å². The molecule has 0 saturated heterocycles. The van der Waals surface area contributed by atoms with Crippen LogP contribution in [0.25, 0.3) is 0 Å². The predicted molar refractivity (Wildman–Crippen MR) is 68.3 cm³/mol. The van der Waals surface area contributed by atoms with Gasteiger partial charge < -0.3 is 0 Å². The minimum absolute atomic E-state index is 0.463. The molecule has 15 heavy (non-hydrogen) atoms. The van der Waals surface area contributed by atoms with E-state index in [1.54, 1.807) is 0 Å². The molecule has 0 heterocycles. The Balaban J connectivity index is 2.69. The van der Waals surface area contributed by atoms with Gasteiger partial charge in [0.1, 0.15) is 0 Å². The van der Waals surface area contributed by atoms with Gasteiger partial charge in [-0.15, -0.1) is 0 Å². The fraction of sp³-hybridized carbons (Fsp3) is 0.600. The monoisotopic (exact) mass is 204 g/mol. The summed E-state index contributed by atoms with van der Waals surface area (Å²) in [5.41, 5.74) is 3.28. The van der Waals surface area contributed by atoms with Gasteiger partial charge in [-0.2, -0.15) is 0 Å². The first kappa shape index (κ1) is 12.3. The highest BCUT2D eigenvalue weighted by Gasteiger charge is 2.19. The van der Waals surface area contributed by atoms with Crippen molar-refractivity contribution in [3.05, 3.63) is 35.4 Å². The molecule has 0 nitrogen and oxygen atoms in total. The molecule has 0 N–H and O–H groups in total. The minimum Gasteiger partial charge on any atom is -0.0649 e. The van der Waals surface area contributed by atoms with E-state index in [0.29, 0.717) is 11.3 Å². The van der Waals surface area contributed by atoms with Crippen molar-refractivity contribution in [1.29, 1.82) is 0 Å². The molecule has 0 aliphatic rings. The van der Waals surface area contributed by atoms with Crippen molar-refractivity contribution in [2.24, 2.45) is 5.41 Å². The van der Waals surface area contributed by atoms with Gasteiger partial charge in [-0.1, -0.05) is 63.9 Å². The van der Waals surface area contributed by atoms with Gasteiger partial charge in [-0.25, -0.2) is 0 Å². The predicted octanol–water partition coefficient (Wildman–Crippen LogP) is 4.92. The molecular formula is C15H24. The molecule has 0 spiro atoms. The summed E-state index contributed by atoms with van der Waals surface area (Å²) in [4.78, 5) is 0. The molecule has 1 aromatic rings. The van der Waals surface area contributed by atoms with Crippen molar-refractivity contribution in [2.45, 2.75) is 53.4 Å². The number of hydrogen-bond acceptors (Lipinski definition) is 0. The highest BCUT2D eigenvalue weighted by Crippen LogP contribution is 2.33. The van der Waals surface area contributed by atoms with Crippen LogP contribution in [0.3, 0.4) is 0 Å². The first-order chi connectivity index (χ1) is 6.94. The van der Waals surface area contributed by atoms with Gasteiger partial charge in [0.05, 0.1) is 0 Å². The Morgan fingerprint density at radius 2 is 1.67 bits per heavy atom. The van der Waals surface area contributed by atoms with Crippen LogP contribution in [-0.4, -0.2) is 0 Å². The molecule has 0 radical (unpaired) electrons. The van der Waals surface area contributed by atoms with E-state index in [2.05, 4.69) is 58.9 Å². The smallest absolute Gasteiger partial charge is 0.0185 e. The molecule has 0 fully saturated rings. The Morgan fingerprint density at radius 3 is 2.13 bits per heavy atom. The van der Waals surface area contributed by atoms with Crippen LogP contribution in [0.15, 0.2) is 24.3 Å².